The van der Waals surface area contributed by atoms with Crippen molar-refractivity contribution in [3.05, 3.63) is 51.4 Å². The van der Waals surface area contributed by atoms with Gasteiger partial charge in [-0.25, -0.2) is 0 Å². The number of rotatable bonds is 4. The molecule has 0 atom stereocenters. The third-order valence-electron chi connectivity index (χ3n) is 2.26. The Morgan fingerprint density at radius 1 is 1.47 bits per heavy atom. The average Bonchev–Trinajstić information content (AvgIpc) is 2.91. The molecule has 0 radical (unpaired) electrons. The quantitative estimate of drug-likeness (QED) is 0.297. The topological polar surface area (TPSA) is 102 Å². The first-order valence-corrected chi connectivity index (χ1v) is 6.79. The van der Waals surface area contributed by atoms with Crippen LogP contribution in [0.25, 0.3) is 0 Å². The molecule has 0 saturated carbocycles. The lowest BCUT2D eigenvalue weighted by atomic mass is 10.2. The predicted molar refractivity (Wildman–Crippen MR) is 74.0 cm³/mol. The van der Waals surface area contributed by atoms with Gasteiger partial charge >= 0.3 is 0 Å². The van der Waals surface area contributed by atoms with Crippen LogP contribution < -0.4 is 5.73 Å². The SMILES string of the molecule is NC(=NO)c1ccc(Sc2cccs2)c([N+](=O)[O-])c1. The fourth-order valence-electron chi connectivity index (χ4n) is 1.39. The van der Waals surface area contributed by atoms with Crippen LogP contribution in [0.5, 0.6) is 0 Å². The minimum Gasteiger partial charge on any atom is -0.409 e. The van der Waals surface area contributed by atoms with Gasteiger partial charge in [0.1, 0.15) is 0 Å². The monoisotopic (exact) mass is 295 g/mol. The van der Waals surface area contributed by atoms with Crippen molar-refractivity contribution in [2.45, 2.75) is 9.10 Å². The summed E-state index contributed by atoms with van der Waals surface area (Å²) in [7, 11) is 0. The molecule has 1 heterocycles. The molecule has 2 rings (SSSR count). The lowest BCUT2D eigenvalue weighted by molar-refractivity contribution is -0.387. The maximum absolute atomic E-state index is 11.1. The number of amidine groups is 1. The molecule has 0 aliphatic rings. The molecule has 98 valence electrons. The Bertz CT molecular complexity index is 626. The summed E-state index contributed by atoms with van der Waals surface area (Å²) >= 11 is 2.82. The molecule has 3 N–H and O–H groups in total. The van der Waals surface area contributed by atoms with Crippen molar-refractivity contribution in [2.24, 2.45) is 10.9 Å². The predicted octanol–water partition coefficient (Wildman–Crippen LogP) is 2.90. The van der Waals surface area contributed by atoms with Crippen LogP contribution >= 0.6 is 23.1 Å². The van der Waals surface area contributed by atoms with E-state index in [-0.39, 0.29) is 11.5 Å². The summed E-state index contributed by atoms with van der Waals surface area (Å²) in [5.41, 5.74) is 5.66. The van der Waals surface area contributed by atoms with Gasteiger partial charge in [0.2, 0.25) is 0 Å². The van der Waals surface area contributed by atoms with Gasteiger partial charge in [0.05, 0.1) is 14.0 Å². The summed E-state index contributed by atoms with van der Waals surface area (Å²) < 4.78 is 0.958. The lowest BCUT2D eigenvalue weighted by Gasteiger charge is -2.03. The fourth-order valence-corrected chi connectivity index (χ4v) is 3.21. The van der Waals surface area contributed by atoms with E-state index >= 15 is 0 Å². The van der Waals surface area contributed by atoms with Gasteiger partial charge in [-0.05, 0) is 23.6 Å². The Balaban J connectivity index is 2.41. The zero-order valence-electron chi connectivity index (χ0n) is 9.52. The molecular formula is C11H9N3O3S2. The highest BCUT2D eigenvalue weighted by Gasteiger charge is 2.17. The van der Waals surface area contributed by atoms with Crippen LogP contribution in [0, 0.1) is 10.1 Å². The molecule has 0 saturated heterocycles. The number of hydrogen-bond donors (Lipinski definition) is 2. The van der Waals surface area contributed by atoms with Crippen LogP contribution in [-0.4, -0.2) is 16.0 Å². The second-order valence-electron chi connectivity index (χ2n) is 3.46. The molecule has 8 heteroatoms. The van der Waals surface area contributed by atoms with Crippen molar-refractivity contribution in [2.75, 3.05) is 0 Å². The second-order valence-corrected chi connectivity index (χ2v) is 5.75. The van der Waals surface area contributed by atoms with E-state index < -0.39 is 4.92 Å². The Morgan fingerprint density at radius 2 is 2.26 bits per heavy atom. The third-order valence-corrected chi connectivity index (χ3v) is 4.37. The summed E-state index contributed by atoms with van der Waals surface area (Å²) in [6, 6.07) is 8.24. The summed E-state index contributed by atoms with van der Waals surface area (Å²) in [4.78, 5) is 11.1. The smallest absolute Gasteiger partial charge is 0.283 e. The Labute approximate surface area is 116 Å². The maximum atomic E-state index is 11.1. The molecule has 0 aliphatic carbocycles. The van der Waals surface area contributed by atoms with E-state index in [1.54, 1.807) is 12.1 Å². The van der Waals surface area contributed by atoms with E-state index in [4.69, 9.17) is 10.9 Å². The minimum absolute atomic E-state index is 0.0671. The Hall–Kier alpha value is -2.06. The molecule has 0 fully saturated rings. The van der Waals surface area contributed by atoms with E-state index in [9.17, 15) is 10.1 Å². The number of nitrogens with zero attached hydrogens (tertiary/aromatic N) is 2. The van der Waals surface area contributed by atoms with Gasteiger partial charge in [-0.15, -0.1) is 11.3 Å². The van der Waals surface area contributed by atoms with Gasteiger partial charge < -0.3 is 10.9 Å². The van der Waals surface area contributed by atoms with Crippen molar-refractivity contribution < 1.29 is 10.1 Å². The maximum Gasteiger partial charge on any atom is 0.283 e. The number of thiophene rings is 1. The van der Waals surface area contributed by atoms with Crippen LogP contribution in [0.1, 0.15) is 5.56 Å². The molecule has 1 aromatic carbocycles. The molecular weight excluding hydrogens is 286 g/mol. The van der Waals surface area contributed by atoms with Crippen molar-refractivity contribution in [1.82, 2.24) is 0 Å². The summed E-state index contributed by atoms with van der Waals surface area (Å²) in [6.07, 6.45) is 0. The van der Waals surface area contributed by atoms with Gasteiger partial charge in [0.25, 0.3) is 5.69 Å². The van der Waals surface area contributed by atoms with E-state index in [0.717, 1.165) is 4.21 Å². The molecule has 2 aromatic rings. The third kappa shape index (κ3) is 3.04. The highest BCUT2D eigenvalue weighted by atomic mass is 32.2. The molecule has 1 aromatic heterocycles. The first kappa shape index (κ1) is 13.4. The standard InChI is InChI=1S/C11H9N3O3S2/c12-11(13-15)7-3-4-9(8(6-7)14(16)17)19-10-2-1-5-18-10/h1-6,15H,(H2,12,13). The van der Waals surface area contributed by atoms with E-state index in [1.807, 2.05) is 17.5 Å². The number of oxime groups is 1. The molecule has 19 heavy (non-hydrogen) atoms. The average molecular weight is 295 g/mol. The first-order valence-electron chi connectivity index (χ1n) is 5.09. The highest BCUT2D eigenvalue weighted by Crippen LogP contribution is 2.37. The highest BCUT2D eigenvalue weighted by molar-refractivity contribution is 8.01. The number of nitro groups is 1. The number of hydrogen-bond acceptors (Lipinski definition) is 6. The van der Waals surface area contributed by atoms with Gasteiger partial charge in [-0.2, -0.15) is 0 Å². The molecule has 6 nitrogen and oxygen atoms in total. The van der Waals surface area contributed by atoms with Gasteiger partial charge in [0.15, 0.2) is 5.84 Å². The van der Waals surface area contributed by atoms with Crippen molar-refractivity contribution in [3.8, 4) is 0 Å². The van der Waals surface area contributed by atoms with Crippen LogP contribution in [-0.2, 0) is 0 Å². The number of benzene rings is 1. The molecule has 0 unspecified atom stereocenters. The van der Waals surface area contributed by atoms with Crippen LogP contribution in [0.3, 0.4) is 0 Å². The van der Waals surface area contributed by atoms with Crippen molar-refractivity contribution in [3.63, 3.8) is 0 Å². The number of nitrogens with two attached hydrogens (primary N) is 1. The van der Waals surface area contributed by atoms with Crippen LogP contribution in [0.15, 0.2) is 50.0 Å². The Morgan fingerprint density at radius 3 is 2.84 bits per heavy atom. The number of nitro benzene ring substituents is 1. The first-order chi connectivity index (χ1) is 9.11. The van der Waals surface area contributed by atoms with E-state index in [0.29, 0.717) is 10.5 Å². The molecule has 0 aliphatic heterocycles. The zero-order chi connectivity index (χ0) is 13.8. The summed E-state index contributed by atoms with van der Waals surface area (Å²) in [5, 5.41) is 24.4. The normalized spacial score (nSPS) is 11.5. The zero-order valence-corrected chi connectivity index (χ0v) is 11.1. The minimum atomic E-state index is -0.482. The van der Waals surface area contributed by atoms with Gasteiger partial charge in [-0.3, -0.25) is 10.1 Å². The Kier molecular flexibility index (Phi) is 4.03. The largest absolute Gasteiger partial charge is 0.409 e. The van der Waals surface area contributed by atoms with E-state index in [1.165, 1.54) is 29.2 Å². The summed E-state index contributed by atoms with van der Waals surface area (Å²) in [6.45, 7) is 0. The van der Waals surface area contributed by atoms with E-state index in [2.05, 4.69) is 5.16 Å². The van der Waals surface area contributed by atoms with Crippen molar-refractivity contribution in [1.29, 1.82) is 0 Å². The van der Waals surface area contributed by atoms with Crippen molar-refractivity contribution >= 4 is 34.6 Å². The molecule has 0 bridgehead atoms. The lowest BCUT2D eigenvalue weighted by Crippen LogP contribution is -2.13. The van der Waals surface area contributed by atoms with Crippen LogP contribution in [0.2, 0.25) is 0 Å². The molecule has 0 amide bonds. The van der Waals surface area contributed by atoms with Gasteiger partial charge in [0, 0.05) is 11.6 Å². The van der Waals surface area contributed by atoms with Crippen LogP contribution in [0.4, 0.5) is 5.69 Å². The molecule has 0 spiro atoms. The summed E-state index contributed by atoms with van der Waals surface area (Å²) in [5.74, 6) is -0.157. The second kappa shape index (κ2) is 5.72. The van der Waals surface area contributed by atoms with Gasteiger partial charge in [-0.1, -0.05) is 23.0 Å². The fraction of sp³-hybridized carbons (Fsp3) is 0.